The molecule has 0 radical (unpaired) electrons. The molecule has 4 heteroatoms. The zero-order valence-electron chi connectivity index (χ0n) is 9.36. The number of nitrogens with zero attached hydrogens (tertiary/aromatic N) is 2. The minimum absolute atomic E-state index is 0.0435. The van der Waals surface area contributed by atoms with E-state index in [4.69, 9.17) is 11.1 Å². The molecule has 0 atom stereocenters. The van der Waals surface area contributed by atoms with E-state index in [0.29, 0.717) is 5.56 Å². The van der Waals surface area contributed by atoms with Crippen LogP contribution in [0.1, 0.15) is 5.56 Å². The number of benzene rings is 1. The second kappa shape index (κ2) is 3.81. The number of amidine groups is 1. The van der Waals surface area contributed by atoms with E-state index in [-0.39, 0.29) is 5.84 Å². The average Bonchev–Trinajstić information content (AvgIpc) is 2.27. The molecule has 1 aromatic carbocycles. The quantitative estimate of drug-likeness (QED) is 0.589. The normalized spacial score (nSPS) is 10.4. The van der Waals surface area contributed by atoms with Crippen LogP contribution in [0.5, 0.6) is 0 Å². The number of nitrogen functional groups attached to an aromatic ring is 1. The zero-order chi connectivity index (χ0) is 11.7. The lowest BCUT2D eigenvalue weighted by Gasteiger charge is -2.18. The average molecular weight is 214 g/mol. The molecule has 0 unspecified atom stereocenters. The van der Waals surface area contributed by atoms with Gasteiger partial charge in [0.05, 0.1) is 16.8 Å². The van der Waals surface area contributed by atoms with E-state index in [1.807, 2.05) is 43.3 Å². The second-order valence-electron chi connectivity index (χ2n) is 3.85. The molecular formula is C12H14N4. The van der Waals surface area contributed by atoms with E-state index >= 15 is 0 Å². The Morgan fingerprint density at radius 2 is 2.00 bits per heavy atom. The number of pyridine rings is 1. The summed E-state index contributed by atoms with van der Waals surface area (Å²) in [7, 11) is 3.88. The Kier molecular flexibility index (Phi) is 2.48. The van der Waals surface area contributed by atoms with E-state index in [1.165, 1.54) is 0 Å². The van der Waals surface area contributed by atoms with Gasteiger partial charge >= 0.3 is 0 Å². The largest absolute Gasteiger partial charge is 0.384 e. The minimum Gasteiger partial charge on any atom is -0.384 e. The molecule has 0 fully saturated rings. The molecule has 0 saturated heterocycles. The topological polar surface area (TPSA) is 66.0 Å². The van der Waals surface area contributed by atoms with Gasteiger partial charge in [-0.1, -0.05) is 18.2 Å². The van der Waals surface area contributed by atoms with Gasteiger partial charge in [0.25, 0.3) is 0 Å². The van der Waals surface area contributed by atoms with E-state index in [9.17, 15) is 0 Å². The summed E-state index contributed by atoms with van der Waals surface area (Å²) in [6.45, 7) is 0. The first kappa shape index (κ1) is 10.4. The van der Waals surface area contributed by atoms with Crippen molar-refractivity contribution in [3.63, 3.8) is 0 Å². The monoisotopic (exact) mass is 214 g/mol. The summed E-state index contributed by atoms with van der Waals surface area (Å²) in [5, 5.41) is 8.57. The Bertz CT molecular complexity index is 546. The lowest BCUT2D eigenvalue weighted by molar-refractivity contribution is 1.13. The fourth-order valence-corrected chi connectivity index (χ4v) is 1.81. The molecule has 0 aliphatic heterocycles. The maximum Gasteiger partial charge on any atom is 0.126 e. The van der Waals surface area contributed by atoms with Gasteiger partial charge in [-0.05, 0) is 6.07 Å². The highest BCUT2D eigenvalue weighted by atomic mass is 15.1. The van der Waals surface area contributed by atoms with Gasteiger partial charge < -0.3 is 10.6 Å². The van der Waals surface area contributed by atoms with Crippen molar-refractivity contribution in [3.8, 4) is 0 Å². The van der Waals surface area contributed by atoms with Crippen molar-refractivity contribution in [2.45, 2.75) is 0 Å². The van der Waals surface area contributed by atoms with Crippen LogP contribution in [0.3, 0.4) is 0 Å². The first-order valence-electron chi connectivity index (χ1n) is 5.00. The minimum atomic E-state index is 0.0435. The summed E-state index contributed by atoms with van der Waals surface area (Å²) >= 11 is 0. The van der Waals surface area contributed by atoms with Gasteiger partial charge in [-0.25, -0.2) is 0 Å². The molecular weight excluding hydrogens is 200 g/mol. The maximum absolute atomic E-state index is 7.56. The summed E-state index contributed by atoms with van der Waals surface area (Å²) in [6.07, 6.45) is 1.65. The Balaban J connectivity index is 2.84. The van der Waals surface area contributed by atoms with Crippen LogP contribution < -0.4 is 10.6 Å². The first-order valence-corrected chi connectivity index (χ1v) is 5.00. The van der Waals surface area contributed by atoms with Crippen LogP contribution in [0.4, 0.5) is 5.69 Å². The molecule has 0 spiro atoms. The van der Waals surface area contributed by atoms with E-state index < -0.39 is 0 Å². The summed E-state index contributed by atoms with van der Waals surface area (Å²) in [5.74, 6) is 0.0435. The number of hydrogen-bond acceptors (Lipinski definition) is 3. The number of rotatable bonds is 2. The van der Waals surface area contributed by atoms with Crippen LogP contribution >= 0.6 is 0 Å². The van der Waals surface area contributed by atoms with Crippen LogP contribution in [0.25, 0.3) is 10.9 Å². The van der Waals surface area contributed by atoms with Gasteiger partial charge in [0.15, 0.2) is 0 Å². The van der Waals surface area contributed by atoms with Gasteiger partial charge in [-0.3, -0.25) is 10.4 Å². The zero-order valence-corrected chi connectivity index (χ0v) is 9.36. The molecule has 1 aromatic heterocycles. The molecule has 1 heterocycles. The number of hydrogen-bond donors (Lipinski definition) is 2. The van der Waals surface area contributed by atoms with Crippen molar-refractivity contribution in [1.82, 2.24) is 4.98 Å². The van der Waals surface area contributed by atoms with Gasteiger partial charge in [0, 0.05) is 25.7 Å². The van der Waals surface area contributed by atoms with E-state index in [2.05, 4.69) is 4.98 Å². The number of aromatic nitrogens is 1. The third-order valence-electron chi connectivity index (χ3n) is 2.48. The Labute approximate surface area is 94.2 Å². The highest BCUT2D eigenvalue weighted by molar-refractivity contribution is 6.07. The number of fused-ring (bicyclic) bond motifs is 1. The summed E-state index contributed by atoms with van der Waals surface area (Å²) in [5.41, 5.74) is 8.09. The third-order valence-corrected chi connectivity index (χ3v) is 2.48. The number of para-hydroxylation sites is 1. The van der Waals surface area contributed by atoms with Crippen molar-refractivity contribution in [3.05, 3.63) is 36.0 Å². The lowest BCUT2D eigenvalue weighted by Crippen LogP contribution is -2.19. The van der Waals surface area contributed by atoms with E-state index in [1.54, 1.807) is 6.20 Å². The van der Waals surface area contributed by atoms with Crippen LogP contribution in [0.15, 0.2) is 30.5 Å². The van der Waals surface area contributed by atoms with Crippen molar-refractivity contribution in [2.75, 3.05) is 19.0 Å². The molecule has 3 N–H and O–H groups in total. The second-order valence-corrected chi connectivity index (χ2v) is 3.85. The van der Waals surface area contributed by atoms with Crippen LogP contribution in [0.2, 0.25) is 0 Å². The highest BCUT2D eigenvalue weighted by Crippen LogP contribution is 2.27. The fraction of sp³-hybridized carbons (Fsp3) is 0.167. The van der Waals surface area contributed by atoms with Crippen LogP contribution in [0, 0.1) is 5.41 Å². The molecule has 2 aromatic rings. The van der Waals surface area contributed by atoms with Gasteiger partial charge in [0.2, 0.25) is 0 Å². The van der Waals surface area contributed by atoms with Crippen molar-refractivity contribution < 1.29 is 0 Å². The summed E-state index contributed by atoms with van der Waals surface area (Å²) in [4.78, 5) is 6.26. The van der Waals surface area contributed by atoms with Crippen molar-refractivity contribution >= 4 is 22.4 Å². The summed E-state index contributed by atoms with van der Waals surface area (Å²) in [6, 6.07) is 7.85. The Hall–Kier alpha value is -2.10. The molecule has 0 saturated carbocycles. The predicted molar refractivity (Wildman–Crippen MR) is 67.1 cm³/mol. The standard InChI is InChI=1S/C12H14N4/c1-16(2)11-8-5-3-4-6-10(8)15-7-9(11)12(13)14/h3-7H,1-2H3,(H3,13,14). The fourth-order valence-electron chi connectivity index (χ4n) is 1.81. The van der Waals surface area contributed by atoms with E-state index in [0.717, 1.165) is 16.6 Å². The molecule has 82 valence electrons. The first-order chi connectivity index (χ1) is 7.61. The highest BCUT2D eigenvalue weighted by Gasteiger charge is 2.11. The number of anilines is 1. The van der Waals surface area contributed by atoms with Gasteiger partial charge in [0.1, 0.15) is 5.84 Å². The summed E-state index contributed by atoms with van der Waals surface area (Å²) < 4.78 is 0. The SMILES string of the molecule is CN(C)c1c(C(=N)N)cnc2ccccc12. The van der Waals surface area contributed by atoms with Gasteiger partial charge in [-0.15, -0.1) is 0 Å². The molecule has 0 amide bonds. The molecule has 0 bridgehead atoms. The third kappa shape index (κ3) is 1.58. The van der Waals surface area contributed by atoms with Crippen molar-refractivity contribution in [2.24, 2.45) is 5.73 Å². The molecule has 2 rings (SSSR count). The van der Waals surface area contributed by atoms with Gasteiger partial charge in [-0.2, -0.15) is 0 Å². The van der Waals surface area contributed by atoms with Crippen molar-refractivity contribution in [1.29, 1.82) is 5.41 Å². The Morgan fingerprint density at radius 1 is 1.31 bits per heavy atom. The molecule has 4 nitrogen and oxygen atoms in total. The Morgan fingerprint density at radius 3 is 2.62 bits per heavy atom. The molecule has 0 aliphatic carbocycles. The predicted octanol–water partition coefficient (Wildman–Crippen LogP) is 1.58. The van der Waals surface area contributed by atoms with Crippen LogP contribution in [-0.4, -0.2) is 24.9 Å². The smallest absolute Gasteiger partial charge is 0.126 e. The molecule has 0 aliphatic rings. The number of nitrogens with one attached hydrogen (secondary N) is 1. The maximum atomic E-state index is 7.56. The number of nitrogens with two attached hydrogens (primary N) is 1. The lowest BCUT2D eigenvalue weighted by atomic mass is 10.1. The molecule has 16 heavy (non-hydrogen) atoms. The van der Waals surface area contributed by atoms with Crippen LogP contribution in [-0.2, 0) is 0 Å².